The van der Waals surface area contributed by atoms with Gasteiger partial charge in [-0.15, -0.1) is 0 Å². The molecule has 4 nitrogen and oxygen atoms in total. The topological polar surface area (TPSA) is 80.9 Å². The van der Waals surface area contributed by atoms with Crippen LogP contribution < -0.4 is 0 Å². The molecule has 6 heteroatoms. The van der Waals surface area contributed by atoms with Gasteiger partial charge in [-0.2, -0.15) is 0 Å². The van der Waals surface area contributed by atoms with Crippen molar-refractivity contribution in [3.05, 3.63) is 59.7 Å². The molecular formula is C37H60B2O4. The largest absolute Gasteiger partial charge is 0.454 e. The first kappa shape index (κ1) is 35.9. The highest BCUT2D eigenvalue weighted by Crippen LogP contribution is 2.55. The number of benzene rings is 2. The Balaban J connectivity index is 1.66. The Bertz CT molecular complexity index is 982. The van der Waals surface area contributed by atoms with Gasteiger partial charge in [0, 0.05) is 5.41 Å². The van der Waals surface area contributed by atoms with Gasteiger partial charge in [-0.05, 0) is 46.7 Å². The lowest BCUT2D eigenvalue weighted by atomic mass is 9.59. The quantitative estimate of drug-likeness (QED) is 0.0725. The summed E-state index contributed by atoms with van der Waals surface area (Å²) in [7, 11) is -2.52. The van der Waals surface area contributed by atoms with E-state index in [2.05, 4.69) is 62.4 Å². The predicted octanol–water partition coefficient (Wildman–Crippen LogP) is 9.48. The second-order valence-corrected chi connectivity index (χ2v) is 13.4. The summed E-state index contributed by atoms with van der Waals surface area (Å²) in [4.78, 5) is 0. The maximum absolute atomic E-state index is 10.6. The standard InChI is InChI=1S/C37H60B2O4/c1-3-5-7-8-9-10-11-16-24-32(39(42)43)30-37(29-21-13-12-15-23-31(38(40)41)22-14-6-4-2)35-27-19-17-25-33(35)34-26-18-20-28-36(34)37/h17-20,25-28,31-32,40-43H,3-16,21-24,29-30H2,1-2H3. The van der Waals surface area contributed by atoms with E-state index in [9.17, 15) is 20.1 Å². The first-order chi connectivity index (χ1) is 20.9. The van der Waals surface area contributed by atoms with Crippen LogP contribution in [0.1, 0.15) is 153 Å². The Hall–Kier alpha value is -1.59. The van der Waals surface area contributed by atoms with Crippen LogP contribution in [-0.4, -0.2) is 34.3 Å². The molecule has 1 aliphatic carbocycles. The zero-order chi connectivity index (χ0) is 30.9. The minimum Gasteiger partial charge on any atom is -0.427 e. The minimum absolute atomic E-state index is 0.0189. The molecule has 0 radical (unpaired) electrons. The van der Waals surface area contributed by atoms with E-state index in [0.717, 1.165) is 89.9 Å². The van der Waals surface area contributed by atoms with Gasteiger partial charge < -0.3 is 20.1 Å². The molecule has 0 saturated carbocycles. The molecule has 4 N–H and O–H groups in total. The van der Waals surface area contributed by atoms with Crippen LogP contribution in [-0.2, 0) is 5.41 Å². The third kappa shape index (κ3) is 10.8. The number of hydrogen-bond donors (Lipinski definition) is 4. The molecule has 0 bridgehead atoms. The fourth-order valence-corrected chi connectivity index (χ4v) is 7.64. The van der Waals surface area contributed by atoms with Crippen molar-refractivity contribution in [2.24, 2.45) is 0 Å². The number of rotatable bonds is 24. The summed E-state index contributed by atoms with van der Waals surface area (Å²) in [5.74, 6) is -0.177. The predicted molar refractivity (Wildman–Crippen MR) is 184 cm³/mol. The normalized spacial score (nSPS) is 14.7. The van der Waals surface area contributed by atoms with Gasteiger partial charge in [-0.1, -0.05) is 178 Å². The SMILES string of the molecule is CCCCCCCCCCC(CC1(CCCCCCC(CCCCC)B(O)O)c2ccccc2-c2ccccc21)B(O)O. The van der Waals surface area contributed by atoms with E-state index in [1.807, 2.05) is 0 Å². The van der Waals surface area contributed by atoms with E-state index in [1.165, 1.54) is 60.8 Å². The molecule has 0 aliphatic heterocycles. The van der Waals surface area contributed by atoms with Crippen LogP contribution in [0.2, 0.25) is 11.6 Å². The van der Waals surface area contributed by atoms with Crippen molar-refractivity contribution in [2.75, 3.05) is 0 Å². The Morgan fingerprint density at radius 1 is 0.512 bits per heavy atom. The van der Waals surface area contributed by atoms with Crippen LogP contribution >= 0.6 is 0 Å². The van der Waals surface area contributed by atoms with Gasteiger partial charge in [0.25, 0.3) is 0 Å². The second kappa shape index (κ2) is 19.7. The number of unbranched alkanes of at least 4 members (excludes halogenated alkanes) is 12. The molecule has 43 heavy (non-hydrogen) atoms. The van der Waals surface area contributed by atoms with Crippen LogP contribution in [0.25, 0.3) is 11.1 Å². The highest BCUT2D eigenvalue weighted by Gasteiger charge is 2.45. The molecule has 0 fully saturated rings. The molecule has 0 spiro atoms. The molecule has 0 saturated heterocycles. The van der Waals surface area contributed by atoms with Gasteiger partial charge in [-0.25, -0.2) is 0 Å². The lowest BCUT2D eigenvalue weighted by Crippen LogP contribution is -2.32. The zero-order valence-corrected chi connectivity index (χ0v) is 27.4. The molecule has 2 atom stereocenters. The Labute approximate surface area is 264 Å². The Kier molecular flexibility index (Phi) is 16.5. The van der Waals surface area contributed by atoms with Crippen LogP contribution in [0.15, 0.2) is 48.5 Å². The van der Waals surface area contributed by atoms with E-state index in [0.29, 0.717) is 0 Å². The molecule has 2 unspecified atom stereocenters. The first-order valence-corrected chi connectivity index (χ1v) is 17.9. The minimum atomic E-state index is -1.31. The van der Waals surface area contributed by atoms with Gasteiger partial charge in [0.15, 0.2) is 0 Å². The van der Waals surface area contributed by atoms with Crippen LogP contribution in [0, 0.1) is 0 Å². The summed E-state index contributed by atoms with van der Waals surface area (Å²) in [5, 5.41) is 40.9. The van der Waals surface area contributed by atoms with Gasteiger partial charge >= 0.3 is 14.2 Å². The fraction of sp³-hybridized carbons (Fsp3) is 0.676. The Morgan fingerprint density at radius 3 is 1.42 bits per heavy atom. The highest BCUT2D eigenvalue weighted by atomic mass is 16.4. The van der Waals surface area contributed by atoms with E-state index >= 15 is 0 Å². The maximum Gasteiger partial charge on any atom is 0.454 e. The summed E-state index contributed by atoms with van der Waals surface area (Å²) >= 11 is 0. The van der Waals surface area contributed by atoms with Gasteiger partial charge in [0.2, 0.25) is 0 Å². The summed E-state index contributed by atoms with van der Waals surface area (Å²) in [5.41, 5.74) is 5.06. The molecule has 2 aromatic carbocycles. The lowest BCUT2D eigenvalue weighted by molar-refractivity contribution is 0.330. The van der Waals surface area contributed by atoms with Crippen molar-refractivity contribution in [2.45, 2.75) is 159 Å². The molecule has 0 heterocycles. The van der Waals surface area contributed by atoms with Crippen molar-refractivity contribution in [3.63, 3.8) is 0 Å². The van der Waals surface area contributed by atoms with E-state index in [1.54, 1.807) is 0 Å². The van der Waals surface area contributed by atoms with Crippen molar-refractivity contribution in [3.8, 4) is 11.1 Å². The first-order valence-electron chi connectivity index (χ1n) is 17.9. The molecular weight excluding hydrogens is 530 g/mol. The molecule has 0 amide bonds. The number of hydrogen-bond acceptors (Lipinski definition) is 4. The van der Waals surface area contributed by atoms with Crippen LogP contribution in [0.4, 0.5) is 0 Å². The van der Waals surface area contributed by atoms with Crippen molar-refractivity contribution >= 4 is 14.2 Å². The van der Waals surface area contributed by atoms with Gasteiger partial charge in [0.1, 0.15) is 0 Å². The average Bonchev–Trinajstić information content (AvgIpc) is 3.28. The lowest BCUT2D eigenvalue weighted by Gasteiger charge is -2.36. The van der Waals surface area contributed by atoms with E-state index in [4.69, 9.17) is 0 Å². The third-order valence-corrected chi connectivity index (χ3v) is 10.2. The van der Waals surface area contributed by atoms with Crippen molar-refractivity contribution < 1.29 is 20.1 Å². The monoisotopic (exact) mass is 590 g/mol. The maximum atomic E-state index is 10.6. The molecule has 2 aromatic rings. The Morgan fingerprint density at radius 2 is 0.907 bits per heavy atom. The summed E-state index contributed by atoms with van der Waals surface area (Å²) < 4.78 is 0. The van der Waals surface area contributed by atoms with Crippen molar-refractivity contribution in [1.29, 1.82) is 0 Å². The number of fused-ring (bicyclic) bond motifs is 3. The molecule has 3 rings (SSSR count). The summed E-state index contributed by atoms with van der Waals surface area (Å²) in [6, 6.07) is 17.5. The summed E-state index contributed by atoms with van der Waals surface area (Å²) in [6.07, 6.45) is 22.0. The van der Waals surface area contributed by atoms with Crippen LogP contribution in [0.3, 0.4) is 0 Å². The van der Waals surface area contributed by atoms with Gasteiger partial charge in [0.05, 0.1) is 0 Å². The fourth-order valence-electron chi connectivity index (χ4n) is 7.64. The third-order valence-electron chi connectivity index (χ3n) is 10.2. The van der Waals surface area contributed by atoms with E-state index < -0.39 is 14.2 Å². The molecule has 1 aliphatic rings. The van der Waals surface area contributed by atoms with Gasteiger partial charge in [-0.3, -0.25) is 0 Å². The smallest absolute Gasteiger partial charge is 0.427 e. The summed E-state index contributed by atoms with van der Waals surface area (Å²) in [6.45, 7) is 4.43. The average molecular weight is 591 g/mol. The zero-order valence-electron chi connectivity index (χ0n) is 27.4. The molecule has 0 aromatic heterocycles. The van der Waals surface area contributed by atoms with E-state index in [-0.39, 0.29) is 17.0 Å². The van der Waals surface area contributed by atoms with Crippen molar-refractivity contribution in [1.82, 2.24) is 0 Å². The molecule has 238 valence electrons. The second-order valence-electron chi connectivity index (χ2n) is 13.4. The highest BCUT2D eigenvalue weighted by molar-refractivity contribution is 6.43. The van der Waals surface area contributed by atoms with Crippen LogP contribution in [0.5, 0.6) is 0 Å².